The summed E-state index contributed by atoms with van der Waals surface area (Å²) in [6.07, 6.45) is 0. The summed E-state index contributed by atoms with van der Waals surface area (Å²) in [5, 5.41) is 0. The minimum absolute atomic E-state index is 0.0123. The van der Waals surface area contributed by atoms with Crippen LogP contribution < -0.4 is 19.9 Å². The number of nitrogens with zero attached hydrogens (tertiary/aromatic N) is 1. The zero-order chi connectivity index (χ0) is 14.0. The summed E-state index contributed by atoms with van der Waals surface area (Å²) >= 11 is 0. The SMILES string of the molecule is COc1cc(C2(CN)CN(C)C2)cc(OC)c1OC. The van der Waals surface area contributed by atoms with E-state index in [0.717, 1.165) is 18.7 Å². The first-order chi connectivity index (χ1) is 9.10. The summed E-state index contributed by atoms with van der Waals surface area (Å²) in [6, 6.07) is 4.00. The van der Waals surface area contributed by atoms with Gasteiger partial charge in [-0.15, -0.1) is 0 Å². The summed E-state index contributed by atoms with van der Waals surface area (Å²) in [6.45, 7) is 2.50. The van der Waals surface area contributed by atoms with Gasteiger partial charge in [0.15, 0.2) is 11.5 Å². The lowest BCUT2D eigenvalue weighted by molar-refractivity contribution is 0.0995. The van der Waals surface area contributed by atoms with Crippen molar-refractivity contribution in [2.24, 2.45) is 5.73 Å². The third-order valence-electron chi connectivity index (χ3n) is 3.81. The third kappa shape index (κ3) is 2.24. The number of ether oxygens (including phenoxy) is 3. The van der Waals surface area contributed by atoms with Gasteiger partial charge in [0.2, 0.25) is 5.75 Å². The Balaban J connectivity index is 2.47. The molecule has 0 saturated carbocycles. The van der Waals surface area contributed by atoms with Crippen molar-refractivity contribution in [1.82, 2.24) is 4.90 Å². The van der Waals surface area contributed by atoms with Gasteiger partial charge < -0.3 is 24.8 Å². The molecule has 0 unspecified atom stereocenters. The van der Waals surface area contributed by atoms with E-state index in [2.05, 4.69) is 11.9 Å². The van der Waals surface area contributed by atoms with Gasteiger partial charge in [-0.05, 0) is 24.7 Å². The van der Waals surface area contributed by atoms with Gasteiger partial charge in [-0.25, -0.2) is 0 Å². The highest BCUT2D eigenvalue weighted by molar-refractivity contribution is 5.56. The first-order valence-corrected chi connectivity index (χ1v) is 6.29. The summed E-state index contributed by atoms with van der Waals surface area (Å²) in [5.41, 5.74) is 7.11. The number of methoxy groups -OCH3 is 3. The molecule has 0 radical (unpaired) electrons. The summed E-state index contributed by atoms with van der Waals surface area (Å²) in [4.78, 5) is 2.25. The first kappa shape index (κ1) is 14.0. The van der Waals surface area contributed by atoms with Gasteiger partial charge in [-0.3, -0.25) is 0 Å². The van der Waals surface area contributed by atoms with E-state index < -0.39 is 0 Å². The van der Waals surface area contributed by atoms with Crippen LogP contribution in [0.3, 0.4) is 0 Å². The van der Waals surface area contributed by atoms with Crippen molar-refractivity contribution in [1.29, 1.82) is 0 Å². The topological polar surface area (TPSA) is 57.0 Å². The van der Waals surface area contributed by atoms with Gasteiger partial charge in [0.25, 0.3) is 0 Å². The van der Waals surface area contributed by atoms with E-state index in [1.165, 1.54) is 0 Å². The minimum Gasteiger partial charge on any atom is -0.493 e. The normalized spacial score (nSPS) is 17.7. The quantitative estimate of drug-likeness (QED) is 0.856. The molecule has 1 aliphatic heterocycles. The number of benzene rings is 1. The van der Waals surface area contributed by atoms with Gasteiger partial charge in [-0.2, -0.15) is 0 Å². The van der Waals surface area contributed by atoms with Crippen LogP contribution >= 0.6 is 0 Å². The largest absolute Gasteiger partial charge is 0.493 e. The predicted molar refractivity (Wildman–Crippen MR) is 74.3 cm³/mol. The third-order valence-corrected chi connectivity index (χ3v) is 3.81. The predicted octanol–water partition coefficient (Wildman–Crippen LogP) is 0.854. The lowest BCUT2D eigenvalue weighted by atomic mass is 9.74. The van der Waals surface area contributed by atoms with E-state index >= 15 is 0 Å². The van der Waals surface area contributed by atoms with Crippen molar-refractivity contribution in [2.75, 3.05) is 48.0 Å². The fraction of sp³-hybridized carbons (Fsp3) is 0.571. The second kappa shape index (κ2) is 5.27. The van der Waals surface area contributed by atoms with E-state index in [1.807, 2.05) is 12.1 Å². The molecule has 1 aromatic rings. The van der Waals surface area contributed by atoms with Gasteiger partial charge in [0.1, 0.15) is 0 Å². The van der Waals surface area contributed by atoms with Gasteiger partial charge in [0.05, 0.1) is 21.3 Å². The molecule has 0 amide bonds. The number of nitrogens with two attached hydrogens (primary N) is 1. The summed E-state index contributed by atoms with van der Waals surface area (Å²) in [5.74, 6) is 1.98. The monoisotopic (exact) mass is 266 g/mol. The maximum atomic E-state index is 5.98. The Morgan fingerprint density at radius 2 is 1.63 bits per heavy atom. The maximum absolute atomic E-state index is 5.98. The van der Waals surface area contributed by atoms with Crippen LogP contribution in [0, 0.1) is 0 Å². The molecule has 0 aromatic heterocycles. The van der Waals surface area contributed by atoms with Crippen LogP contribution in [0.5, 0.6) is 17.2 Å². The highest BCUT2D eigenvalue weighted by atomic mass is 16.5. The zero-order valence-corrected chi connectivity index (χ0v) is 12.0. The Bertz CT molecular complexity index is 431. The molecule has 1 fully saturated rings. The fourth-order valence-electron chi connectivity index (χ4n) is 2.80. The van der Waals surface area contributed by atoms with Crippen LogP contribution in [0.25, 0.3) is 0 Å². The van der Waals surface area contributed by atoms with E-state index in [4.69, 9.17) is 19.9 Å². The van der Waals surface area contributed by atoms with Crippen LogP contribution in [0.2, 0.25) is 0 Å². The molecule has 19 heavy (non-hydrogen) atoms. The smallest absolute Gasteiger partial charge is 0.203 e. The molecule has 0 bridgehead atoms. The lowest BCUT2D eigenvalue weighted by Gasteiger charge is -2.48. The van der Waals surface area contributed by atoms with Crippen LogP contribution in [0.1, 0.15) is 5.56 Å². The molecule has 5 heteroatoms. The number of hydrogen-bond acceptors (Lipinski definition) is 5. The van der Waals surface area contributed by atoms with E-state index in [-0.39, 0.29) is 5.41 Å². The number of hydrogen-bond donors (Lipinski definition) is 1. The number of likely N-dealkylation sites (N-methyl/N-ethyl adjacent to an activating group) is 1. The lowest BCUT2D eigenvalue weighted by Crippen LogP contribution is -2.61. The standard InChI is InChI=1S/C14H22N2O3/c1-16-8-14(7-15,9-16)10-5-11(17-2)13(19-4)12(6-10)18-3/h5-6H,7-9,15H2,1-4H3. The van der Waals surface area contributed by atoms with Crippen molar-refractivity contribution in [3.63, 3.8) is 0 Å². The Morgan fingerprint density at radius 3 is 1.95 bits per heavy atom. The van der Waals surface area contributed by atoms with Crippen molar-refractivity contribution in [3.8, 4) is 17.2 Å². The van der Waals surface area contributed by atoms with Gasteiger partial charge in [-0.1, -0.05) is 0 Å². The molecule has 2 rings (SSSR count). The number of rotatable bonds is 5. The average molecular weight is 266 g/mol. The Labute approximate surface area is 114 Å². The summed E-state index contributed by atoms with van der Waals surface area (Å²) in [7, 11) is 6.95. The Hall–Kier alpha value is -1.46. The van der Waals surface area contributed by atoms with Crippen molar-refractivity contribution >= 4 is 0 Å². The van der Waals surface area contributed by atoms with Gasteiger partial charge in [0, 0.05) is 25.0 Å². The van der Waals surface area contributed by atoms with E-state index in [9.17, 15) is 0 Å². The molecule has 1 saturated heterocycles. The molecule has 5 nitrogen and oxygen atoms in total. The molecular weight excluding hydrogens is 244 g/mol. The minimum atomic E-state index is -0.0123. The van der Waals surface area contributed by atoms with Crippen LogP contribution in [0.4, 0.5) is 0 Å². The second-order valence-electron chi connectivity index (χ2n) is 5.07. The highest BCUT2D eigenvalue weighted by Crippen LogP contribution is 2.43. The molecule has 2 N–H and O–H groups in total. The molecule has 0 atom stereocenters. The molecule has 1 aromatic carbocycles. The maximum Gasteiger partial charge on any atom is 0.203 e. The molecule has 0 spiro atoms. The van der Waals surface area contributed by atoms with Crippen LogP contribution in [-0.2, 0) is 5.41 Å². The molecular formula is C14H22N2O3. The van der Waals surface area contributed by atoms with Gasteiger partial charge >= 0.3 is 0 Å². The van der Waals surface area contributed by atoms with E-state index in [0.29, 0.717) is 23.8 Å². The Kier molecular flexibility index (Phi) is 3.87. The fourth-order valence-corrected chi connectivity index (χ4v) is 2.80. The Morgan fingerprint density at radius 1 is 1.11 bits per heavy atom. The molecule has 106 valence electrons. The van der Waals surface area contributed by atoms with Crippen molar-refractivity contribution in [3.05, 3.63) is 17.7 Å². The van der Waals surface area contributed by atoms with Crippen molar-refractivity contribution in [2.45, 2.75) is 5.41 Å². The number of likely N-dealkylation sites (tertiary alicyclic amines) is 1. The highest BCUT2D eigenvalue weighted by Gasteiger charge is 2.42. The van der Waals surface area contributed by atoms with Crippen molar-refractivity contribution < 1.29 is 14.2 Å². The molecule has 1 aliphatic rings. The summed E-state index contributed by atoms with van der Waals surface area (Å²) < 4.78 is 16.1. The average Bonchev–Trinajstić information content (AvgIpc) is 2.41. The zero-order valence-electron chi connectivity index (χ0n) is 12.0. The van der Waals surface area contributed by atoms with Crippen LogP contribution in [-0.4, -0.2) is 52.9 Å². The molecule has 0 aliphatic carbocycles. The van der Waals surface area contributed by atoms with E-state index in [1.54, 1.807) is 21.3 Å². The van der Waals surface area contributed by atoms with Crippen LogP contribution in [0.15, 0.2) is 12.1 Å². The second-order valence-corrected chi connectivity index (χ2v) is 5.07. The first-order valence-electron chi connectivity index (χ1n) is 6.29. The molecule has 1 heterocycles.